The molecule has 0 atom stereocenters. The van der Waals surface area contributed by atoms with Gasteiger partial charge in [-0.15, -0.1) is 0 Å². The number of amides is 1. The molecular formula is C18H21NO4S. The molecule has 0 aliphatic heterocycles. The number of hydrogen-bond acceptors (Lipinski definition) is 4. The molecule has 5 nitrogen and oxygen atoms in total. The maximum absolute atomic E-state index is 12.2. The third-order valence-electron chi connectivity index (χ3n) is 3.28. The fourth-order valence-corrected chi connectivity index (χ4v) is 3.61. The molecule has 0 fully saturated rings. The molecule has 0 spiro atoms. The molecule has 128 valence electrons. The summed E-state index contributed by atoms with van der Waals surface area (Å²) in [5.74, 6) is -0.782. The second-order valence-electron chi connectivity index (χ2n) is 5.50. The number of anilines is 1. The number of para-hydroxylation sites is 2. The predicted octanol–water partition coefficient (Wildman–Crippen LogP) is 2.95. The van der Waals surface area contributed by atoms with Crippen molar-refractivity contribution >= 4 is 21.4 Å². The van der Waals surface area contributed by atoms with Gasteiger partial charge in [-0.1, -0.05) is 42.0 Å². The number of benzene rings is 2. The first kappa shape index (κ1) is 18.0. The van der Waals surface area contributed by atoms with Crippen LogP contribution in [0.1, 0.15) is 18.1 Å². The lowest BCUT2D eigenvalue weighted by Crippen LogP contribution is -2.24. The monoisotopic (exact) mass is 347 g/mol. The molecule has 0 aliphatic carbocycles. The number of sulfone groups is 1. The van der Waals surface area contributed by atoms with Gasteiger partial charge in [0, 0.05) is 0 Å². The second-order valence-corrected chi connectivity index (χ2v) is 7.56. The SMILES string of the molecule is CCOc1ccccc1NC(=O)CS(=O)(=O)Cc1cccc(C)c1. The summed E-state index contributed by atoms with van der Waals surface area (Å²) in [6, 6.07) is 14.2. The molecule has 0 bridgehead atoms. The third kappa shape index (κ3) is 5.38. The molecule has 0 radical (unpaired) electrons. The molecule has 2 aromatic rings. The molecule has 2 rings (SSSR count). The number of carbonyl (C=O) groups excluding carboxylic acids is 1. The van der Waals surface area contributed by atoms with Gasteiger partial charge in [0.2, 0.25) is 5.91 Å². The van der Waals surface area contributed by atoms with Crippen molar-refractivity contribution in [2.75, 3.05) is 17.7 Å². The lowest BCUT2D eigenvalue weighted by Gasteiger charge is -2.11. The highest BCUT2D eigenvalue weighted by Gasteiger charge is 2.18. The largest absolute Gasteiger partial charge is 0.492 e. The standard InChI is InChI=1S/C18H21NO4S/c1-3-23-17-10-5-4-9-16(17)19-18(20)13-24(21,22)12-15-8-6-7-14(2)11-15/h4-11H,3,12-13H2,1-2H3,(H,19,20). The molecule has 0 aliphatic rings. The molecule has 0 saturated carbocycles. The van der Waals surface area contributed by atoms with E-state index in [9.17, 15) is 13.2 Å². The van der Waals surface area contributed by atoms with Crippen molar-refractivity contribution in [2.45, 2.75) is 19.6 Å². The lowest BCUT2D eigenvalue weighted by molar-refractivity contribution is -0.113. The quantitative estimate of drug-likeness (QED) is 0.836. The molecular weight excluding hydrogens is 326 g/mol. The average molecular weight is 347 g/mol. The Hall–Kier alpha value is -2.34. The van der Waals surface area contributed by atoms with E-state index in [4.69, 9.17) is 4.74 Å². The van der Waals surface area contributed by atoms with Crippen molar-refractivity contribution in [2.24, 2.45) is 0 Å². The molecule has 0 saturated heterocycles. The summed E-state index contributed by atoms with van der Waals surface area (Å²) in [7, 11) is -3.55. The maximum atomic E-state index is 12.2. The summed E-state index contributed by atoms with van der Waals surface area (Å²) >= 11 is 0. The minimum atomic E-state index is -3.55. The summed E-state index contributed by atoms with van der Waals surface area (Å²) < 4.78 is 29.9. The topological polar surface area (TPSA) is 72.5 Å². The van der Waals surface area contributed by atoms with E-state index in [0.717, 1.165) is 5.56 Å². The van der Waals surface area contributed by atoms with Gasteiger partial charge in [-0.05, 0) is 31.5 Å². The van der Waals surface area contributed by atoms with Crippen molar-refractivity contribution in [3.05, 3.63) is 59.7 Å². The van der Waals surface area contributed by atoms with Crippen LogP contribution in [-0.4, -0.2) is 26.7 Å². The van der Waals surface area contributed by atoms with Crippen molar-refractivity contribution in [1.29, 1.82) is 0 Å². The van der Waals surface area contributed by atoms with Gasteiger partial charge < -0.3 is 10.1 Å². The van der Waals surface area contributed by atoms with Crippen LogP contribution in [-0.2, 0) is 20.4 Å². The Morgan fingerprint density at radius 3 is 2.58 bits per heavy atom. The Bertz CT molecular complexity index is 815. The lowest BCUT2D eigenvalue weighted by atomic mass is 10.2. The van der Waals surface area contributed by atoms with Crippen LogP contribution in [0.3, 0.4) is 0 Å². The van der Waals surface area contributed by atoms with Gasteiger partial charge in [-0.3, -0.25) is 4.79 Å². The Balaban J connectivity index is 2.03. The van der Waals surface area contributed by atoms with Crippen LogP contribution in [0, 0.1) is 6.92 Å². The number of rotatable bonds is 7. The van der Waals surface area contributed by atoms with E-state index in [-0.39, 0.29) is 5.75 Å². The highest BCUT2D eigenvalue weighted by atomic mass is 32.2. The van der Waals surface area contributed by atoms with Gasteiger partial charge in [0.25, 0.3) is 0 Å². The fraction of sp³-hybridized carbons (Fsp3) is 0.278. The zero-order valence-electron chi connectivity index (χ0n) is 13.8. The summed E-state index contributed by atoms with van der Waals surface area (Å²) in [4.78, 5) is 12.1. The van der Waals surface area contributed by atoms with Crippen LogP contribution in [0.5, 0.6) is 5.75 Å². The van der Waals surface area contributed by atoms with E-state index in [1.54, 1.807) is 42.5 Å². The van der Waals surface area contributed by atoms with Crippen molar-refractivity contribution < 1.29 is 17.9 Å². The van der Waals surface area contributed by atoms with Gasteiger partial charge in [0.05, 0.1) is 18.0 Å². The van der Waals surface area contributed by atoms with Crippen LogP contribution < -0.4 is 10.1 Å². The van der Waals surface area contributed by atoms with Gasteiger partial charge in [0.1, 0.15) is 11.5 Å². The first-order chi connectivity index (χ1) is 11.4. The number of hydrogen-bond donors (Lipinski definition) is 1. The zero-order chi connectivity index (χ0) is 17.6. The number of aryl methyl sites for hydroxylation is 1. The second kappa shape index (κ2) is 7.97. The third-order valence-corrected chi connectivity index (χ3v) is 4.76. The van der Waals surface area contributed by atoms with E-state index in [1.807, 2.05) is 19.9 Å². The Kier molecular flexibility index (Phi) is 5.98. The van der Waals surface area contributed by atoms with Gasteiger partial charge in [-0.2, -0.15) is 0 Å². The van der Waals surface area contributed by atoms with E-state index in [0.29, 0.717) is 23.6 Å². The van der Waals surface area contributed by atoms with Gasteiger partial charge >= 0.3 is 0 Å². The van der Waals surface area contributed by atoms with E-state index >= 15 is 0 Å². The average Bonchev–Trinajstić information content (AvgIpc) is 2.48. The van der Waals surface area contributed by atoms with Crippen LogP contribution in [0.25, 0.3) is 0 Å². The van der Waals surface area contributed by atoms with Crippen molar-refractivity contribution in [1.82, 2.24) is 0 Å². The number of nitrogens with one attached hydrogen (secondary N) is 1. The molecule has 1 amide bonds. The normalized spacial score (nSPS) is 11.1. The molecule has 0 heterocycles. The van der Waals surface area contributed by atoms with E-state index in [2.05, 4.69) is 5.32 Å². The van der Waals surface area contributed by atoms with Crippen molar-refractivity contribution in [3.8, 4) is 5.75 Å². The summed E-state index contributed by atoms with van der Waals surface area (Å²) in [5, 5.41) is 2.61. The van der Waals surface area contributed by atoms with Crippen LogP contribution in [0.4, 0.5) is 5.69 Å². The maximum Gasteiger partial charge on any atom is 0.239 e. The Labute approximate surface area is 142 Å². The predicted molar refractivity (Wildman–Crippen MR) is 94.9 cm³/mol. The highest BCUT2D eigenvalue weighted by molar-refractivity contribution is 7.91. The fourth-order valence-electron chi connectivity index (χ4n) is 2.34. The Morgan fingerprint density at radius 2 is 1.88 bits per heavy atom. The first-order valence-electron chi connectivity index (χ1n) is 7.67. The Morgan fingerprint density at radius 1 is 1.12 bits per heavy atom. The molecule has 1 N–H and O–H groups in total. The summed E-state index contributed by atoms with van der Waals surface area (Å²) in [6.45, 7) is 4.19. The zero-order valence-corrected chi connectivity index (χ0v) is 14.6. The molecule has 0 unspecified atom stereocenters. The summed E-state index contributed by atoms with van der Waals surface area (Å²) in [5.41, 5.74) is 2.13. The molecule has 2 aromatic carbocycles. The minimum Gasteiger partial charge on any atom is -0.492 e. The van der Waals surface area contributed by atoms with Crippen LogP contribution in [0.15, 0.2) is 48.5 Å². The number of ether oxygens (including phenoxy) is 1. The molecule has 24 heavy (non-hydrogen) atoms. The van der Waals surface area contributed by atoms with Gasteiger partial charge in [0.15, 0.2) is 9.84 Å². The molecule has 0 aromatic heterocycles. The number of carbonyl (C=O) groups is 1. The van der Waals surface area contributed by atoms with Gasteiger partial charge in [-0.25, -0.2) is 8.42 Å². The molecule has 6 heteroatoms. The minimum absolute atomic E-state index is 0.158. The van der Waals surface area contributed by atoms with Crippen LogP contribution in [0.2, 0.25) is 0 Å². The first-order valence-corrected chi connectivity index (χ1v) is 9.49. The van der Waals surface area contributed by atoms with Crippen molar-refractivity contribution in [3.63, 3.8) is 0 Å². The summed E-state index contributed by atoms with van der Waals surface area (Å²) in [6.07, 6.45) is 0. The highest BCUT2D eigenvalue weighted by Crippen LogP contribution is 2.23. The smallest absolute Gasteiger partial charge is 0.239 e. The van der Waals surface area contributed by atoms with E-state index < -0.39 is 21.5 Å². The van der Waals surface area contributed by atoms with E-state index in [1.165, 1.54) is 0 Å². The van der Waals surface area contributed by atoms with Crippen LogP contribution >= 0.6 is 0 Å².